The lowest BCUT2D eigenvalue weighted by Crippen LogP contribution is -3.05. The Balaban J connectivity index is 2.06. The normalized spacial score (nSPS) is 22.1. The summed E-state index contributed by atoms with van der Waals surface area (Å²) in [5, 5.41) is 1.45. The van der Waals surface area contributed by atoms with Gasteiger partial charge in [-0.1, -0.05) is 6.92 Å². The molecule has 0 aliphatic carbocycles. The summed E-state index contributed by atoms with van der Waals surface area (Å²) in [6, 6.07) is 0. The van der Waals surface area contributed by atoms with E-state index < -0.39 is 0 Å². The van der Waals surface area contributed by atoms with E-state index in [2.05, 4.69) is 12.3 Å². The predicted octanol–water partition coefficient (Wildman–Crippen LogP) is -0.0263. The summed E-state index contributed by atoms with van der Waals surface area (Å²) >= 11 is 0. The van der Waals surface area contributed by atoms with Crippen LogP contribution in [0.3, 0.4) is 0 Å². The third-order valence-electron chi connectivity index (χ3n) is 1.56. The molecule has 0 bridgehead atoms. The van der Waals surface area contributed by atoms with Gasteiger partial charge in [-0.05, 0) is 0 Å². The van der Waals surface area contributed by atoms with Crippen LogP contribution in [0.2, 0.25) is 0 Å². The second-order valence-corrected chi connectivity index (χ2v) is 2.25. The number of quaternary nitrogens is 1. The number of nitrogens with one attached hydrogen (secondary N) is 1. The van der Waals surface area contributed by atoms with Crippen LogP contribution in [0.1, 0.15) is 19.8 Å². The maximum absolute atomic E-state index is 4.34. The summed E-state index contributed by atoms with van der Waals surface area (Å²) in [6.07, 6.45) is 2.75. The molecule has 0 unspecified atom stereocenters. The number of hydrogen-bond acceptors (Lipinski definition) is 0. The van der Waals surface area contributed by atoms with Crippen LogP contribution in [-0.4, -0.2) is 19.6 Å². The zero-order chi connectivity index (χ0) is 5.82. The first kappa shape index (κ1) is 6.05. The predicted molar refractivity (Wildman–Crippen MR) is 33.8 cm³/mol. The second kappa shape index (κ2) is 3.05. The monoisotopic (exact) mass is 114 g/mol. The average Bonchev–Trinajstić information content (AvgIpc) is 2.19. The molecular weight excluding hydrogens is 100 g/mol. The Bertz CT molecular complexity index is 57.5. The molecule has 1 aliphatic rings. The van der Waals surface area contributed by atoms with Gasteiger partial charge in [0.25, 0.3) is 0 Å². The first-order valence-corrected chi connectivity index (χ1v) is 3.45. The highest BCUT2D eigenvalue weighted by Gasteiger charge is 2.06. The molecule has 8 heavy (non-hydrogen) atoms. The lowest BCUT2D eigenvalue weighted by molar-refractivity contribution is -0.849. The van der Waals surface area contributed by atoms with Gasteiger partial charge in [0.2, 0.25) is 0 Å². The molecule has 0 aromatic rings. The van der Waals surface area contributed by atoms with Gasteiger partial charge in [-0.2, -0.15) is 0 Å². The number of rotatable bonds is 2. The Morgan fingerprint density at radius 1 is 1.38 bits per heavy atom. The second-order valence-electron chi connectivity index (χ2n) is 2.25. The molecule has 0 saturated carbocycles. The van der Waals surface area contributed by atoms with Crippen LogP contribution in [0.15, 0.2) is 0 Å². The van der Waals surface area contributed by atoms with Crippen molar-refractivity contribution in [3.05, 3.63) is 5.43 Å². The van der Waals surface area contributed by atoms with Gasteiger partial charge in [0, 0.05) is 12.8 Å². The Morgan fingerprint density at radius 3 is 2.50 bits per heavy atom. The van der Waals surface area contributed by atoms with Gasteiger partial charge >= 0.3 is 0 Å². The maximum atomic E-state index is 4.34. The maximum Gasteiger partial charge on any atom is 0.0685 e. The standard InChI is InChI=1S/C6H14N2/c1-2-7-8-5-3-4-6-8/h8H,2-6H2,1H3. The minimum Gasteiger partial charge on any atom is -0.455 e. The highest BCUT2D eigenvalue weighted by Crippen LogP contribution is 1.88. The third-order valence-corrected chi connectivity index (χ3v) is 1.56. The molecule has 2 nitrogen and oxygen atoms in total. The van der Waals surface area contributed by atoms with E-state index in [0.29, 0.717) is 0 Å². The molecule has 2 heteroatoms. The van der Waals surface area contributed by atoms with Crippen LogP contribution in [-0.2, 0) is 0 Å². The summed E-state index contributed by atoms with van der Waals surface area (Å²) in [4.78, 5) is 0. The van der Waals surface area contributed by atoms with Gasteiger partial charge < -0.3 is 10.4 Å². The molecule has 1 saturated heterocycles. The number of nitrogens with zero attached hydrogens (tertiary/aromatic N) is 1. The molecule has 1 heterocycles. The molecule has 0 spiro atoms. The summed E-state index contributed by atoms with van der Waals surface area (Å²) < 4.78 is 0. The van der Waals surface area contributed by atoms with Crippen molar-refractivity contribution < 1.29 is 5.01 Å². The van der Waals surface area contributed by atoms with Crippen LogP contribution in [0.25, 0.3) is 5.43 Å². The Morgan fingerprint density at radius 2 is 2.00 bits per heavy atom. The van der Waals surface area contributed by atoms with Crippen molar-refractivity contribution >= 4 is 0 Å². The van der Waals surface area contributed by atoms with Crippen molar-refractivity contribution in [3.63, 3.8) is 0 Å². The largest absolute Gasteiger partial charge is 0.455 e. The molecule has 0 atom stereocenters. The first-order valence-electron chi connectivity index (χ1n) is 3.45. The van der Waals surface area contributed by atoms with Crippen molar-refractivity contribution in [2.45, 2.75) is 19.8 Å². The van der Waals surface area contributed by atoms with Crippen molar-refractivity contribution in [2.24, 2.45) is 0 Å². The van der Waals surface area contributed by atoms with Crippen molar-refractivity contribution in [1.82, 2.24) is 0 Å². The third kappa shape index (κ3) is 1.46. The van der Waals surface area contributed by atoms with Gasteiger partial charge in [-0.25, -0.2) is 0 Å². The smallest absolute Gasteiger partial charge is 0.0685 e. The van der Waals surface area contributed by atoms with Gasteiger partial charge in [-0.3, -0.25) is 0 Å². The van der Waals surface area contributed by atoms with Crippen LogP contribution < -0.4 is 5.01 Å². The van der Waals surface area contributed by atoms with E-state index in [1.165, 1.54) is 30.9 Å². The van der Waals surface area contributed by atoms with E-state index in [1.807, 2.05) is 0 Å². The Hall–Kier alpha value is -0.0800. The summed E-state index contributed by atoms with van der Waals surface area (Å²) in [6.45, 7) is 5.63. The van der Waals surface area contributed by atoms with E-state index in [9.17, 15) is 0 Å². The Labute approximate surface area is 50.8 Å². The van der Waals surface area contributed by atoms with E-state index in [1.54, 1.807) is 0 Å². The zero-order valence-corrected chi connectivity index (χ0v) is 5.48. The van der Waals surface area contributed by atoms with E-state index in [4.69, 9.17) is 0 Å². The minimum absolute atomic E-state index is 0.981. The van der Waals surface area contributed by atoms with E-state index in [0.717, 1.165) is 6.54 Å². The summed E-state index contributed by atoms with van der Waals surface area (Å²) in [5.74, 6) is 0. The fourth-order valence-corrected chi connectivity index (χ4v) is 1.16. The van der Waals surface area contributed by atoms with Gasteiger partial charge in [-0.15, -0.1) is 6.54 Å². The minimum atomic E-state index is 0.981. The zero-order valence-electron chi connectivity index (χ0n) is 5.48. The average molecular weight is 114 g/mol. The van der Waals surface area contributed by atoms with Crippen molar-refractivity contribution in [2.75, 3.05) is 19.6 Å². The highest BCUT2D eigenvalue weighted by atomic mass is 15.5. The molecule has 1 fully saturated rings. The SMILES string of the molecule is CC[N-][NH+]1CCCC1. The summed E-state index contributed by atoms with van der Waals surface area (Å²) in [5.41, 5.74) is 4.34. The first-order chi connectivity index (χ1) is 3.93. The topological polar surface area (TPSA) is 18.5 Å². The van der Waals surface area contributed by atoms with Gasteiger partial charge in [0.15, 0.2) is 0 Å². The molecular formula is C6H14N2. The van der Waals surface area contributed by atoms with Gasteiger partial charge in [0.1, 0.15) is 0 Å². The molecule has 0 aromatic heterocycles. The summed E-state index contributed by atoms with van der Waals surface area (Å²) in [7, 11) is 0. The fourth-order valence-electron chi connectivity index (χ4n) is 1.16. The molecule has 48 valence electrons. The molecule has 0 radical (unpaired) electrons. The van der Waals surface area contributed by atoms with E-state index >= 15 is 0 Å². The van der Waals surface area contributed by atoms with Crippen LogP contribution in [0.4, 0.5) is 0 Å². The quantitative estimate of drug-likeness (QED) is 0.520. The van der Waals surface area contributed by atoms with E-state index in [-0.39, 0.29) is 0 Å². The lowest BCUT2D eigenvalue weighted by Gasteiger charge is -2.24. The molecule has 1 rings (SSSR count). The number of hydrogen-bond donors (Lipinski definition) is 1. The highest BCUT2D eigenvalue weighted by molar-refractivity contribution is 4.57. The molecule has 1 N–H and O–H groups in total. The fraction of sp³-hybridized carbons (Fsp3) is 1.00. The molecule has 1 aliphatic heterocycles. The van der Waals surface area contributed by atoms with Crippen molar-refractivity contribution in [3.8, 4) is 0 Å². The lowest BCUT2D eigenvalue weighted by atomic mass is 10.4. The van der Waals surface area contributed by atoms with Crippen LogP contribution >= 0.6 is 0 Å². The molecule has 0 aromatic carbocycles. The Kier molecular flexibility index (Phi) is 2.30. The molecule has 0 amide bonds. The van der Waals surface area contributed by atoms with Gasteiger partial charge in [0.05, 0.1) is 13.1 Å². The van der Waals surface area contributed by atoms with Crippen molar-refractivity contribution in [1.29, 1.82) is 0 Å². The van der Waals surface area contributed by atoms with Crippen LogP contribution in [0.5, 0.6) is 0 Å². The van der Waals surface area contributed by atoms with Crippen LogP contribution in [0, 0.1) is 0 Å².